The second kappa shape index (κ2) is 4.80. The molecule has 98 valence electrons. The molecule has 18 heavy (non-hydrogen) atoms. The number of hydrogen-bond donors (Lipinski definition) is 1. The maximum atomic E-state index is 12.0. The predicted octanol–water partition coefficient (Wildman–Crippen LogP) is 1.04. The minimum Gasteiger partial charge on any atom is -0.481 e. The zero-order chi connectivity index (χ0) is 13.3. The maximum absolute atomic E-state index is 12.0. The second-order valence-electron chi connectivity index (χ2n) is 4.83. The lowest BCUT2D eigenvalue weighted by molar-refractivity contribution is -0.138. The highest BCUT2D eigenvalue weighted by Gasteiger charge is 2.27. The first-order valence-electron chi connectivity index (χ1n) is 6.04. The molecule has 0 saturated carbocycles. The number of carboxylic acid groups (broad SMARTS) is 1. The SMILES string of the molecule is Cc1cc2n(n1)CC(C)CN2C(=O)CCC(=O)O. The number of nitrogens with zero attached hydrogens (tertiary/aromatic N) is 3. The van der Waals surface area contributed by atoms with Gasteiger partial charge in [-0.05, 0) is 12.8 Å². The Kier molecular flexibility index (Phi) is 3.36. The quantitative estimate of drug-likeness (QED) is 0.870. The molecule has 0 spiro atoms. The average Bonchev–Trinajstić information content (AvgIpc) is 2.64. The van der Waals surface area contributed by atoms with Crippen LogP contribution >= 0.6 is 0 Å². The predicted molar refractivity (Wildman–Crippen MR) is 65.4 cm³/mol. The van der Waals surface area contributed by atoms with Gasteiger partial charge in [0.25, 0.3) is 0 Å². The summed E-state index contributed by atoms with van der Waals surface area (Å²) in [6.45, 7) is 5.36. The number of aliphatic carboxylic acids is 1. The van der Waals surface area contributed by atoms with Gasteiger partial charge in [-0.2, -0.15) is 5.10 Å². The summed E-state index contributed by atoms with van der Waals surface area (Å²) in [7, 11) is 0. The van der Waals surface area contributed by atoms with Gasteiger partial charge in [-0.25, -0.2) is 4.68 Å². The van der Waals surface area contributed by atoms with Crippen molar-refractivity contribution >= 4 is 17.7 Å². The van der Waals surface area contributed by atoms with Crippen LogP contribution in [0.2, 0.25) is 0 Å². The van der Waals surface area contributed by atoms with Crippen LogP contribution < -0.4 is 4.90 Å². The molecule has 1 unspecified atom stereocenters. The number of hydrogen-bond acceptors (Lipinski definition) is 3. The zero-order valence-electron chi connectivity index (χ0n) is 10.6. The van der Waals surface area contributed by atoms with Crippen molar-refractivity contribution in [3.8, 4) is 0 Å². The van der Waals surface area contributed by atoms with Gasteiger partial charge in [0.05, 0.1) is 12.1 Å². The minimum atomic E-state index is -0.946. The van der Waals surface area contributed by atoms with Crippen LogP contribution in [-0.4, -0.2) is 33.3 Å². The number of fused-ring (bicyclic) bond motifs is 1. The summed E-state index contributed by atoms with van der Waals surface area (Å²) < 4.78 is 1.82. The number of carbonyl (C=O) groups is 2. The van der Waals surface area contributed by atoms with Crippen LogP contribution in [-0.2, 0) is 16.1 Å². The van der Waals surface area contributed by atoms with Gasteiger partial charge in [0.2, 0.25) is 5.91 Å². The Morgan fingerprint density at radius 2 is 2.17 bits per heavy atom. The summed E-state index contributed by atoms with van der Waals surface area (Å²) in [6.07, 6.45) is -0.0941. The molecule has 1 atom stereocenters. The van der Waals surface area contributed by atoms with Crippen LogP contribution in [0.5, 0.6) is 0 Å². The number of rotatable bonds is 3. The first kappa shape index (κ1) is 12.6. The molecule has 1 aromatic rings. The van der Waals surface area contributed by atoms with Crippen LogP contribution in [0.4, 0.5) is 5.82 Å². The Morgan fingerprint density at radius 3 is 2.83 bits per heavy atom. The minimum absolute atomic E-state index is 0.0340. The third-order valence-corrected chi connectivity index (χ3v) is 2.99. The van der Waals surface area contributed by atoms with Crippen molar-refractivity contribution in [2.24, 2.45) is 5.92 Å². The summed E-state index contributed by atoms with van der Waals surface area (Å²) >= 11 is 0. The lowest BCUT2D eigenvalue weighted by Crippen LogP contribution is -2.41. The summed E-state index contributed by atoms with van der Waals surface area (Å²) in [4.78, 5) is 24.2. The van der Waals surface area contributed by atoms with Crippen LogP contribution in [0.15, 0.2) is 6.07 Å². The van der Waals surface area contributed by atoms with Crippen molar-refractivity contribution in [2.45, 2.75) is 33.2 Å². The molecule has 0 aromatic carbocycles. The lowest BCUT2D eigenvalue weighted by atomic mass is 10.1. The summed E-state index contributed by atoms with van der Waals surface area (Å²) in [5.41, 5.74) is 0.870. The van der Waals surface area contributed by atoms with Crippen LogP contribution in [0, 0.1) is 12.8 Å². The van der Waals surface area contributed by atoms with Gasteiger partial charge < -0.3 is 5.11 Å². The molecular weight excluding hydrogens is 234 g/mol. The molecule has 6 nitrogen and oxygen atoms in total. The van der Waals surface area contributed by atoms with E-state index >= 15 is 0 Å². The van der Waals surface area contributed by atoms with E-state index in [-0.39, 0.29) is 18.7 Å². The normalized spacial score (nSPS) is 18.6. The van der Waals surface area contributed by atoms with Gasteiger partial charge >= 0.3 is 5.97 Å². The van der Waals surface area contributed by atoms with E-state index in [9.17, 15) is 9.59 Å². The fourth-order valence-corrected chi connectivity index (χ4v) is 2.22. The first-order chi connectivity index (χ1) is 8.47. The van der Waals surface area contributed by atoms with Crippen molar-refractivity contribution in [3.05, 3.63) is 11.8 Å². The molecule has 1 aliphatic heterocycles. The molecule has 6 heteroatoms. The van der Waals surface area contributed by atoms with Gasteiger partial charge in [0.15, 0.2) is 0 Å². The van der Waals surface area contributed by atoms with Crippen LogP contribution in [0.1, 0.15) is 25.5 Å². The van der Waals surface area contributed by atoms with E-state index < -0.39 is 5.97 Å². The fraction of sp³-hybridized carbons (Fsp3) is 0.583. The molecule has 1 N–H and O–H groups in total. The van der Waals surface area contributed by atoms with Gasteiger partial charge in [0, 0.05) is 25.6 Å². The number of carboxylic acids is 1. The lowest BCUT2D eigenvalue weighted by Gasteiger charge is -2.31. The summed E-state index contributed by atoms with van der Waals surface area (Å²) in [6, 6.07) is 1.87. The maximum Gasteiger partial charge on any atom is 0.303 e. The number of carbonyl (C=O) groups excluding carboxylic acids is 1. The van der Waals surface area contributed by atoms with E-state index in [4.69, 9.17) is 5.11 Å². The molecule has 0 radical (unpaired) electrons. The van der Waals surface area contributed by atoms with E-state index in [0.717, 1.165) is 18.1 Å². The topological polar surface area (TPSA) is 75.4 Å². The van der Waals surface area contributed by atoms with E-state index in [1.54, 1.807) is 4.90 Å². The van der Waals surface area contributed by atoms with E-state index in [1.807, 2.05) is 17.7 Å². The summed E-state index contributed by atoms with van der Waals surface area (Å²) in [5, 5.41) is 13.0. The largest absolute Gasteiger partial charge is 0.481 e. The fourth-order valence-electron chi connectivity index (χ4n) is 2.22. The highest BCUT2D eigenvalue weighted by atomic mass is 16.4. The summed E-state index contributed by atoms with van der Waals surface area (Å²) in [5.74, 6) is 0.00904. The number of aryl methyl sites for hydroxylation is 1. The number of anilines is 1. The third-order valence-electron chi connectivity index (χ3n) is 2.99. The molecule has 1 amide bonds. The molecular formula is C12H17N3O3. The van der Waals surface area contributed by atoms with Crippen molar-refractivity contribution in [1.29, 1.82) is 0 Å². The molecule has 2 rings (SSSR count). The van der Waals surface area contributed by atoms with Gasteiger partial charge in [-0.1, -0.05) is 6.92 Å². The Bertz CT molecular complexity index is 481. The number of amides is 1. The van der Waals surface area contributed by atoms with Crippen molar-refractivity contribution in [1.82, 2.24) is 9.78 Å². The molecule has 1 aromatic heterocycles. The third kappa shape index (κ3) is 2.52. The van der Waals surface area contributed by atoms with Gasteiger partial charge in [-0.15, -0.1) is 0 Å². The molecule has 2 heterocycles. The Hall–Kier alpha value is -1.85. The van der Waals surface area contributed by atoms with Crippen molar-refractivity contribution in [3.63, 3.8) is 0 Å². The molecule has 0 aliphatic carbocycles. The average molecular weight is 251 g/mol. The highest BCUT2D eigenvalue weighted by Crippen LogP contribution is 2.25. The zero-order valence-corrected chi connectivity index (χ0v) is 10.6. The Morgan fingerprint density at radius 1 is 1.44 bits per heavy atom. The van der Waals surface area contributed by atoms with E-state index in [2.05, 4.69) is 12.0 Å². The molecule has 0 bridgehead atoms. The number of aromatic nitrogens is 2. The molecule has 0 saturated heterocycles. The van der Waals surface area contributed by atoms with Crippen LogP contribution in [0.3, 0.4) is 0 Å². The van der Waals surface area contributed by atoms with Crippen molar-refractivity contribution < 1.29 is 14.7 Å². The standard InChI is InChI=1S/C12H17N3O3/c1-8-6-14(11(16)3-4-12(17)18)10-5-9(2)13-15(10)7-8/h5,8H,3-4,6-7H2,1-2H3,(H,17,18). The second-order valence-corrected chi connectivity index (χ2v) is 4.83. The van der Waals surface area contributed by atoms with Gasteiger partial charge in [-0.3, -0.25) is 14.5 Å². The Labute approximate surface area is 105 Å². The highest BCUT2D eigenvalue weighted by molar-refractivity contribution is 5.94. The Balaban J connectivity index is 2.17. The smallest absolute Gasteiger partial charge is 0.303 e. The first-order valence-corrected chi connectivity index (χ1v) is 6.04. The monoisotopic (exact) mass is 251 g/mol. The van der Waals surface area contributed by atoms with Crippen molar-refractivity contribution in [2.75, 3.05) is 11.4 Å². The van der Waals surface area contributed by atoms with E-state index in [0.29, 0.717) is 12.5 Å². The molecule has 1 aliphatic rings. The van der Waals surface area contributed by atoms with Gasteiger partial charge in [0.1, 0.15) is 5.82 Å². The van der Waals surface area contributed by atoms with Crippen LogP contribution in [0.25, 0.3) is 0 Å². The van der Waals surface area contributed by atoms with E-state index in [1.165, 1.54) is 0 Å². The molecule has 0 fully saturated rings.